The van der Waals surface area contributed by atoms with Gasteiger partial charge in [-0.15, -0.1) is 11.8 Å². The summed E-state index contributed by atoms with van der Waals surface area (Å²) in [6.07, 6.45) is 2.48. The van der Waals surface area contributed by atoms with E-state index in [4.69, 9.17) is 4.74 Å². The normalized spacial score (nSPS) is 18.4. The van der Waals surface area contributed by atoms with Gasteiger partial charge >= 0.3 is 5.97 Å². The maximum absolute atomic E-state index is 12.8. The molecule has 1 amide bonds. The van der Waals surface area contributed by atoms with Crippen LogP contribution >= 0.6 is 11.8 Å². The first-order chi connectivity index (χ1) is 10.1. The maximum atomic E-state index is 12.8. The molecule has 21 heavy (non-hydrogen) atoms. The van der Waals surface area contributed by atoms with Gasteiger partial charge in [0.25, 0.3) is 0 Å². The molecule has 1 atom stereocenters. The smallest absolute Gasteiger partial charge is 0.328 e. The number of carbonyl (C=O) groups excluding carboxylic acids is 2. The van der Waals surface area contributed by atoms with Crippen LogP contribution in [0.15, 0.2) is 29.2 Å². The molecule has 2 rings (SSSR count). The Hall–Kier alpha value is -1.56. The average molecular weight is 311 g/mol. The van der Waals surface area contributed by atoms with Gasteiger partial charge in [-0.2, -0.15) is 0 Å². The molecule has 0 radical (unpaired) electrons. The molecular weight excluding hydrogens is 293 g/mol. The molecular formula is C15H18FNO3S. The molecule has 1 aromatic rings. The molecule has 1 fully saturated rings. The van der Waals surface area contributed by atoms with Crippen LogP contribution in [0.2, 0.25) is 0 Å². The Labute approximate surface area is 127 Å². The molecule has 1 aliphatic rings. The van der Waals surface area contributed by atoms with Crippen LogP contribution in [0.1, 0.15) is 19.3 Å². The molecule has 1 aliphatic heterocycles. The van der Waals surface area contributed by atoms with Gasteiger partial charge in [0.15, 0.2) is 0 Å². The maximum Gasteiger partial charge on any atom is 0.328 e. The van der Waals surface area contributed by atoms with Crippen molar-refractivity contribution in [3.8, 4) is 0 Å². The van der Waals surface area contributed by atoms with Crippen LogP contribution in [-0.2, 0) is 14.3 Å². The summed E-state index contributed by atoms with van der Waals surface area (Å²) < 4.78 is 17.6. The van der Waals surface area contributed by atoms with Crippen LogP contribution in [-0.4, -0.2) is 42.2 Å². The summed E-state index contributed by atoms with van der Waals surface area (Å²) in [5.74, 6) is -0.499. The van der Waals surface area contributed by atoms with Crippen LogP contribution in [0.4, 0.5) is 4.39 Å². The third-order valence-corrected chi connectivity index (χ3v) is 4.47. The SMILES string of the molecule is COC(=O)C1CCCCN1C(=O)CSc1ccc(F)cc1. The van der Waals surface area contributed by atoms with Crippen molar-refractivity contribution in [1.82, 2.24) is 4.90 Å². The highest BCUT2D eigenvalue weighted by atomic mass is 32.2. The first kappa shape index (κ1) is 15.8. The van der Waals surface area contributed by atoms with E-state index in [2.05, 4.69) is 0 Å². The average Bonchev–Trinajstić information content (AvgIpc) is 2.53. The second-order valence-electron chi connectivity index (χ2n) is 4.86. The van der Waals surface area contributed by atoms with Crippen molar-refractivity contribution in [3.63, 3.8) is 0 Å². The lowest BCUT2D eigenvalue weighted by Crippen LogP contribution is -2.49. The van der Waals surface area contributed by atoms with Crippen molar-refractivity contribution in [2.24, 2.45) is 0 Å². The zero-order chi connectivity index (χ0) is 15.2. The fourth-order valence-corrected chi connectivity index (χ4v) is 3.15. The monoisotopic (exact) mass is 311 g/mol. The van der Waals surface area contributed by atoms with Crippen molar-refractivity contribution < 1.29 is 18.7 Å². The number of methoxy groups -OCH3 is 1. The van der Waals surface area contributed by atoms with E-state index >= 15 is 0 Å². The standard InChI is InChI=1S/C15H18FNO3S/c1-20-15(19)13-4-2-3-9-17(13)14(18)10-21-12-7-5-11(16)6-8-12/h5-8,13H,2-4,9-10H2,1H3. The number of piperidine rings is 1. The molecule has 1 unspecified atom stereocenters. The van der Waals surface area contributed by atoms with E-state index in [1.54, 1.807) is 17.0 Å². The van der Waals surface area contributed by atoms with Gasteiger partial charge in [-0.05, 0) is 43.5 Å². The minimum atomic E-state index is -0.468. The fraction of sp³-hybridized carbons (Fsp3) is 0.467. The molecule has 0 bridgehead atoms. The zero-order valence-corrected chi connectivity index (χ0v) is 12.7. The molecule has 1 saturated heterocycles. The van der Waals surface area contributed by atoms with Gasteiger partial charge in [-0.3, -0.25) is 4.79 Å². The van der Waals surface area contributed by atoms with Crippen LogP contribution < -0.4 is 0 Å². The summed E-state index contributed by atoms with van der Waals surface area (Å²) in [5, 5.41) is 0. The lowest BCUT2D eigenvalue weighted by atomic mass is 10.0. The van der Waals surface area contributed by atoms with Gasteiger partial charge in [-0.1, -0.05) is 0 Å². The van der Waals surface area contributed by atoms with E-state index in [-0.39, 0.29) is 23.4 Å². The molecule has 0 spiro atoms. The van der Waals surface area contributed by atoms with E-state index in [9.17, 15) is 14.0 Å². The summed E-state index contributed by atoms with van der Waals surface area (Å²) in [7, 11) is 1.34. The fourth-order valence-electron chi connectivity index (χ4n) is 2.37. The number of likely N-dealkylation sites (tertiary alicyclic amines) is 1. The first-order valence-corrected chi connectivity index (χ1v) is 7.86. The Morgan fingerprint density at radius 3 is 2.71 bits per heavy atom. The molecule has 0 aliphatic carbocycles. The Bertz CT molecular complexity index is 506. The number of ether oxygens (including phenoxy) is 1. The molecule has 0 N–H and O–H groups in total. The van der Waals surface area contributed by atoms with Gasteiger partial charge in [-0.25, -0.2) is 9.18 Å². The molecule has 6 heteroatoms. The van der Waals surface area contributed by atoms with Crippen LogP contribution in [0, 0.1) is 5.82 Å². The number of nitrogens with zero attached hydrogens (tertiary/aromatic N) is 1. The Kier molecular flexibility index (Phi) is 5.61. The topological polar surface area (TPSA) is 46.6 Å². The van der Waals surface area contributed by atoms with E-state index in [1.807, 2.05) is 0 Å². The third kappa shape index (κ3) is 4.20. The summed E-state index contributed by atoms with van der Waals surface area (Å²) >= 11 is 1.34. The van der Waals surface area contributed by atoms with Crippen molar-refractivity contribution in [2.45, 2.75) is 30.2 Å². The Balaban J connectivity index is 1.94. The van der Waals surface area contributed by atoms with Crippen molar-refractivity contribution in [2.75, 3.05) is 19.4 Å². The van der Waals surface area contributed by atoms with E-state index in [0.717, 1.165) is 17.7 Å². The van der Waals surface area contributed by atoms with Crippen molar-refractivity contribution in [3.05, 3.63) is 30.1 Å². The lowest BCUT2D eigenvalue weighted by molar-refractivity contribution is -0.153. The number of esters is 1. The van der Waals surface area contributed by atoms with E-state index in [1.165, 1.54) is 31.0 Å². The predicted molar refractivity (Wildman–Crippen MR) is 78.5 cm³/mol. The van der Waals surface area contributed by atoms with E-state index in [0.29, 0.717) is 13.0 Å². The number of thioether (sulfide) groups is 1. The Morgan fingerprint density at radius 2 is 2.05 bits per heavy atom. The number of rotatable bonds is 4. The lowest BCUT2D eigenvalue weighted by Gasteiger charge is -2.33. The zero-order valence-electron chi connectivity index (χ0n) is 11.9. The number of hydrogen-bond acceptors (Lipinski definition) is 4. The van der Waals surface area contributed by atoms with Crippen molar-refractivity contribution >= 4 is 23.6 Å². The molecule has 0 aromatic heterocycles. The molecule has 1 aromatic carbocycles. The minimum Gasteiger partial charge on any atom is -0.467 e. The number of hydrogen-bond donors (Lipinski definition) is 0. The largest absolute Gasteiger partial charge is 0.467 e. The third-order valence-electron chi connectivity index (χ3n) is 3.47. The molecule has 1 heterocycles. The highest BCUT2D eigenvalue weighted by Crippen LogP contribution is 2.22. The second kappa shape index (κ2) is 7.45. The van der Waals surface area contributed by atoms with Gasteiger partial charge < -0.3 is 9.64 Å². The predicted octanol–water partition coefficient (Wildman–Crippen LogP) is 2.47. The summed E-state index contributed by atoms with van der Waals surface area (Å²) in [6.45, 7) is 0.586. The number of carbonyl (C=O) groups is 2. The second-order valence-corrected chi connectivity index (χ2v) is 5.91. The van der Waals surface area contributed by atoms with Crippen LogP contribution in [0.5, 0.6) is 0 Å². The highest BCUT2D eigenvalue weighted by molar-refractivity contribution is 8.00. The molecule has 114 valence electrons. The number of halogens is 1. The summed E-state index contributed by atoms with van der Waals surface area (Å²) in [4.78, 5) is 26.5. The van der Waals surface area contributed by atoms with Crippen molar-refractivity contribution in [1.29, 1.82) is 0 Å². The van der Waals surface area contributed by atoms with Gasteiger partial charge in [0.05, 0.1) is 12.9 Å². The minimum absolute atomic E-state index is 0.0839. The first-order valence-electron chi connectivity index (χ1n) is 6.87. The number of benzene rings is 1. The van der Waals surface area contributed by atoms with Gasteiger partial charge in [0.2, 0.25) is 5.91 Å². The molecule has 0 saturated carbocycles. The number of amides is 1. The summed E-state index contributed by atoms with van der Waals surface area (Å²) in [6, 6.07) is 5.54. The van der Waals surface area contributed by atoms with E-state index < -0.39 is 6.04 Å². The summed E-state index contributed by atoms with van der Waals surface area (Å²) in [5.41, 5.74) is 0. The van der Waals surface area contributed by atoms with Crippen LogP contribution in [0.25, 0.3) is 0 Å². The molecule has 4 nitrogen and oxygen atoms in total. The van der Waals surface area contributed by atoms with Gasteiger partial charge in [0.1, 0.15) is 11.9 Å². The van der Waals surface area contributed by atoms with Crippen LogP contribution in [0.3, 0.4) is 0 Å². The Morgan fingerprint density at radius 1 is 1.33 bits per heavy atom. The quantitative estimate of drug-likeness (QED) is 0.633. The highest BCUT2D eigenvalue weighted by Gasteiger charge is 2.32. The van der Waals surface area contributed by atoms with Gasteiger partial charge in [0, 0.05) is 11.4 Å².